The minimum absolute atomic E-state index is 0.118. The first kappa shape index (κ1) is 21.9. The predicted molar refractivity (Wildman–Crippen MR) is 130 cm³/mol. The molecule has 33 heavy (non-hydrogen) atoms. The summed E-state index contributed by atoms with van der Waals surface area (Å²) in [5, 5.41) is 0. The number of amides is 1. The Balaban J connectivity index is 1.25. The van der Waals surface area contributed by atoms with Gasteiger partial charge in [-0.15, -0.1) is 0 Å². The zero-order valence-electron chi connectivity index (χ0n) is 19.8. The lowest BCUT2D eigenvalue weighted by Gasteiger charge is -2.32. The van der Waals surface area contributed by atoms with E-state index in [1.54, 1.807) is 7.11 Å². The van der Waals surface area contributed by atoms with E-state index >= 15 is 0 Å². The number of hydrogen-bond donors (Lipinski definition) is 0. The molecule has 0 N–H and O–H groups in total. The Morgan fingerprint density at radius 3 is 2.61 bits per heavy atom. The summed E-state index contributed by atoms with van der Waals surface area (Å²) in [6.07, 6.45) is 8.90. The zero-order valence-corrected chi connectivity index (χ0v) is 19.8. The van der Waals surface area contributed by atoms with Gasteiger partial charge in [-0.25, -0.2) is 9.97 Å². The largest absolute Gasteiger partial charge is 0.497 e. The molecular formula is C27H34N4O2. The Labute approximate surface area is 196 Å². The van der Waals surface area contributed by atoms with E-state index in [1.165, 1.54) is 18.4 Å². The average molecular weight is 447 g/mol. The lowest BCUT2D eigenvalue weighted by molar-refractivity contribution is 0.0688. The van der Waals surface area contributed by atoms with E-state index in [2.05, 4.69) is 16.7 Å². The van der Waals surface area contributed by atoms with Gasteiger partial charge in [-0.1, -0.05) is 18.6 Å². The van der Waals surface area contributed by atoms with Crippen molar-refractivity contribution in [3.8, 4) is 5.75 Å². The van der Waals surface area contributed by atoms with Crippen LogP contribution in [-0.4, -0.2) is 45.5 Å². The molecule has 0 radical (unpaired) electrons. The normalized spacial score (nSPS) is 17.1. The first-order valence-corrected chi connectivity index (χ1v) is 12.4. The molecule has 1 saturated heterocycles. The molecule has 2 aromatic heterocycles. The van der Waals surface area contributed by atoms with Gasteiger partial charge in [0.1, 0.15) is 17.1 Å². The topological polar surface area (TPSA) is 60.2 Å². The molecular weight excluding hydrogens is 412 g/mol. The van der Waals surface area contributed by atoms with Gasteiger partial charge in [-0.2, -0.15) is 0 Å². The number of aromatic nitrogens is 3. The quantitative estimate of drug-likeness (QED) is 0.556. The van der Waals surface area contributed by atoms with Gasteiger partial charge in [-0.3, -0.25) is 4.79 Å². The maximum Gasteiger partial charge on any atom is 0.256 e. The zero-order chi connectivity index (χ0) is 22.8. The summed E-state index contributed by atoms with van der Waals surface area (Å²) in [6, 6.07) is 10.3. The van der Waals surface area contributed by atoms with Crippen LogP contribution < -0.4 is 4.74 Å². The monoisotopic (exact) mass is 446 g/mol. The van der Waals surface area contributed by atoms with Gasteiger partial charge in [0.25, 0.3) is 5.91 Å². The molecule has 4 heterocycles. The van der Waals surface area contributed by atoms with Crippen LogP contribution >= 0.6 is 0 Å². The maximum absolute atomic E-state index is 13.5. The molecule has 3 aromatic rings. The molecule has 1 aromatic carbocycles. The highest BCUT2D eigenvalue weighted by molar-refractivity contribution is 6.04. The van der Waals surface area contributed by atoms with Crippen molar-refractivity contribution in [2.75, 3.05) is 20.2 Å². The third-order valence-electron chi connectivity index (χ3n) is 7.33. The van der Waals surface area contributed by atoms with E-state index in [9.17, 15) is 4.79 Å². The molecule has 0 saturated carbocycles. The summed E-state index contributed by atoms with van der Waals surface area (Å²) < 4.78 is 7.50. The average Bonchev–Trinajstić information content (AvgIpc) is 3.02. The predicted octanol–water partition coefficient (Wildman–Crippen LogP) is 4.96. The van der Waals surface area contributed by atoms with Crippen LogP contribution in [0.3, 0.4) is 0 Å². The van der Waals surface area contributed by atoms with Crippen LogP contribution in [0.2, 0.25) is 0 Å². The van der Waals surface area contributed by atoms with Crippen molar-refractivity contribution < 1.29 is 9.53 Å². The molecule has 2 aliphatic heterocycles. The second-order valence-corrected chi connectivity index (χ2v) is 9.60. The first-order chi connectivity index (χ1) is 16.1. The summed E-state index contributed by atoms with van der Waals surface area (Å²) in [5.41, 5.74) is 4.67. The number of benzene rings is 1. The van der Waals surface area contributed by atoms with Crippen LogP contribution in [0.15, 0.2) is 30.3 Å². The highest BCUT2D eigenvalue weighted by Crippen LogP contribution is 2.28. The molecule has 0 atom stereocenters. The Morgan fingerprint density at radius 1 is 1.06 bits per heavy atom. The van der Waals surface area contributed by atoms with Gasteiger partial charge in [0, 0.05) is 31.7 Å². The van der Waals surface area contributed by atoms with Crippen molar-refractivity contribution in [1.29, 1.82) is 0 Å². The Morgan fingerprint density at radius 2 is 1.85 bits per heavy atom. The molecule has 1 amide bonds. The summed E-state index contributed by atoms with van der Waals surface area (Å²) in [5.74, 6) is 2.78. The lowest BCUT2D eigenvalue weighted by atomic mass is 9.90. The van der Waals surface area contributed by atoms with Gasteiger partial charge in [0.05, 0.1) is 12.7 Å². The van der Waals surface area contributed by atoms with Crippen molar-refractivity contribution in [1.82, 2.24) is 19.4 Å². The SMILES string of the molecule is COc1ccc(CCC2CCN(C(=O)c3cc(C)nc4c3nc3n4CCCCC3)CC2)cc1. The van der Waals surface area contributed by atoms with E-state index in [0.29, 0.717) is 5.92 Å². The fourth-order valence-corrected chi connectivity index (χ4v) is 5.34. The number of likely N-dealkylation sites (tertiary alicyclic amines) is 1. The first-order valence-electron chi connectivity index (χ1n) is 12.4. The van der Waals surface area contributed by atoms with Crippen LogP contribution in [0, 0.1) is 12.8 Å². The van der Waals surface area contributed by atoms with Gasteiger partial charge in [-0.05, 0) is 75.1 Å². The smallest absolute Gasteiger partial charge is 0.256 e. The number of piperidine rings is 1. The van der Waals surface area contributed by atoms with E-state index < -0.39 is 0 Å². The minimum Gasteiger partial charge on any atom is -0.497 e. The van der Waals surface area contributed by atoms with E-state index in [4.69, 9.17) is 14.7 Å². The van der Waals surface area contributed by atoms with E-state index in [0.717, 1.165) is 92.2 Å². The molecule has 0 aliphatic carbocycles. The molecule has 5 rings (SSSR count). The fraction of sp³-hybridized carbons (Fsp3) is 0.519. The fourth-order valence-electron chi connectivity index (χ4n) is 5.34. The minimum atomic E-state index is 0.118. The highest BCUT2D eigenvalue weighted by atomic mass is 16.5. The van der Waals surface area contributed by atoms with Crippen molar-refractivity contribution in [2.45, 2.75) is 64.8 Å². The Bertz CT molecular complexity index is 1130. The molecule has 6 nitrogen and oxygen atoms in total. The molecule has 0 spiro atoms. The molecule has 0 bridgehead atoms. The summed E-state index contributed by atoms with van der Waals surface area (Å²) in [6.45, 7) is 4.58. The number of pyridine rings is 1. The molecule has 0 unspecified atom stereocenters. The van der Waals surface area contributed by atoms with Gasteiger partial charge in [0.2, 0.25) is 0 Å². The third kappa shape index (κ3) is 4.61. The number of ether oxygens (including phenoxy) is 1. The standard InChI is InChI=1S/C27H34N4O2/c1-19-18-23(25-26(28-19)31-15-5-3-4-6-24(31)29-25)27(32)30-16-13-21(14-17-30)8-7-20-9-11-22(33-2)12-10-20/h9-12,18,21H,3-8,13-17H2,1-2H3. The Hall–Kier alpha value is -2.89. The second kappa shape index (κ2) is 9.54. The Kier molecular flexibility index (Phi) is 6.34. The molecule has 6 heteroatoms. The highest BCUT2D eigenvalue weighted by Gasteiger charge is 2.27. The molecule has 1 fully saturated rings. The third-order valence-corrected chi connectivity index (χ3v) is 7.33. The number of nitrogens with zero attached hydrogens (tertiary/aromatic N) is 4. The summed E-state index contributed by atoms with van der Waals surface area (Å²) in [7, 11) is 1.70. The van der Waals surface area contributed by atoms with E-state index in [1.807, 2.05) is 30.0 Å². The van der Waals surface area contributed by atoms with Crippen LogP contribution in [0.1, 0.15) is 66.0 Å². The van der Waals surface area contributed by atoms with Gasteiger partial charge < -0.3 is 14.2 Å². The molecule has 174 valence electrons. The number of imidazole rings is 1. The lowest BCUT2D eigenvalue weighted by Crippen LogP contribution is -2.38. The number of rotatable bonds is 5. The number of fused-ring (bicyclic) bond motifs is 3. The van der Waals surface area contributed by atoms with Crippen LogP contribution in [0.5, 0.6) is 5.75 Å². The summed E-state index contributed by atoms with van der Waals surface area (Å²) >= 11 is 0. The van der Waals surface area contributed by atoms with Crippen molar-refractivity contribution in [2.24, 2.45) is 5.92 Å². The van der Waals surface area contributed by atoms with Gasteiger partial charge in [0.15, 0.2) is 5.65 Å². The molecule has 2 aliphatic rings. The van der Waals surface area contributed by atoms with Crippen LogP contribution in [0.25, 0.3) is 11.2 Å². The number of carbonyl (C=O) groups excluding carboxylic acids is 1. The summed E-state index contributed by atoms with van der Waals surface area (Å²) in [4.78, 5) is 25.2. The number of aryl methyl sites for hydroxylation is 4. The van der Waals surface area contributed by atoms with Crippen LogP contribution in [-0.2, 0) is 19.4 Å². The van der Waals surface area contributed by atoms with Crippen molar-refractivity contribution >= 4 is 17.1 Å². The van der Waals surface area contributed by atoms with Crippen molar-refractivity contribution in [3.05, 3.63) is 53.0 Å². The van der Waals surface area contributed by atoms with E-state index in [-0.39, 0.29) is 5.91 Å². The number of carbonyl (C=O) groups is 1. The van der Waals surface area contributed by atoms with Gasteiger partial charge >= 0.3 is 0 Å². The second-order valence-electron chi connectivity index (χ2n) is 9.60. The van der Waals surface area contributed by atoms with Crippen molar-refractivity contribution in [3.63, 3.8) is 0 Å². The van der Waals surface area contributed by atoms with Crippen LogP contribution in [0.4, 0.5) is 0 Å². The number of methoxy groups -OCH3 is 1. The number of hydrogen-bond acceptors (Lipinski definition) is 4. The maximum atomic E-state index is 13.5.